The molecule has 164 valence electrons. The van der Waals surface area contributed by atoms with Gasteiger partial charge in [0.25, 0.3) is 0 Å². The average molecular weight is 447 g/mol. The molecule has 0 aliphatic rings. The van der Waals surface area contributed by atoms with E-state index in [1.165, 1.54) is 0 Å². The summed E-state index contributed by atoms with van der Waals surface area (Å²) in [4.78, 5) is 9.36. The van der Waals surface area contributed by atoms with E-state index < -0.39 is 11.7 Å². The van der Waals surface area contributed by atoms with Crippen molar-refractivity contribution in [1.29, 1.82) is 0 Å². The molecule has 0 aliphatic carbocycles. The van der Waals surface area contributed by atoms with Gasteiger partial charge in [0, 0.05) is 16.6 Å². The number of aliphatic hydroxyl groups is 1. The van der Waals surface area contributed by atoms with Crippen LogP contribution in [-0.4, -0.2) is 27.3 Å². The van der Waals surface area contributed by atoms with Crippen molar-refractivity contribution in [1.82, 2.24) is 9.97 Å². The molecule has 0 saturated heterocycles. The molecule has 0 bridgehead atoms. The summed E-state index contributed by atoms with van der Waals surface area (Å²) in [6.45, 7) is 7.90. The first-order chi connectivity index (χ1) is 15.3. The highest BCUT2D eigenvalue weighted by Gasteiger charge is 2.26. The van der Waals surface area contributed by atoms with Gasteiger partial charge < -0.3 is 9.84 Å². The van der Waals surface area contributed by atoms with E-state index in [-0.39, 0.29) is 6.61 Å². The van der Waals surface area contributed by atoms with Gasteiger partial charge in [-0.3, -0.25) is 4.98 Å². The van der Waals surface area contributed by atoms with Crippen LogP contribution in [0.1, 0.15) is 38.0 Å². The number of hydrogen-bond donors (Lipinski definition) is 1. The van der Waals surface area contributed by atoms with E-state index >= 15 is 0 Å². The van der Waals surface area contributed by atoms with Crippen LogP contribution in [0.2, 0.25) is 5.02 Å². The monoisotopic (exact) mass is 446 g/mol. The van der Waals surface area contributed by atoms with E-state index in [1.54, 1.807) is 6.20 Å². The van der Waals surface area contributed by atoms with E-state index in [2.05, 4.69) is 17.1 Å². The zero-order chi connectivity index (χ0) is 22.9. The van der Waals surface area contributed by atoms with Crippen LogP contribution in [0.25, 0.3) is 33.4 Å². The van der Waals surface area contributed by atoms with E-state index in [1.807, 2.05) is 76.2 Å². The first-order valence-corrected chi connectivity index (χ1v) is 11.0. The minimum Gasteiger partial charge on any atom is -0.393 e. The van der Waals surface area contributed by atoms with Crippen molar-refractivity contribution in [3.05, 3.63) is 83.0 Å². The van der Waals surface area contributed by atoms with Gasteiger partial charge in [-0.25, -0.2) is 4.98 Å². The van der Waals surface area contributed by atoms with Gasteiger partial charge in [0.15, 0.2) is 0 Å². The molecule has 5 heteroatoms. The van der Waals surface area contributed by atoms with Crippen molar-refractivity contribution in [3.8, 4) is 22.5 Å². The van der Waals surface area contributed by atoms with E-state index in [4.69, 9.17) is 21.3 Å². The Morgan fingerprint density at radius 3 is 2.38 bits per heavy atom. The lowest BCUT2D eigenvalue weighted by Crippen LogP contribution is -2.25. The Hall–Kier alpha value is -2.79. The lowest BCUT2D eigenvalue weighted by Gasteiger charge is -2.30. The molecule has 32 heavy (non-hydrogen) atoms. The molecule has 4 aromatic rings. The number of aromatic nitrogens is 2. The van der Waals surface area contributed by atoms with Crippen LogP contribution in [0, 0.1) is 6.92 Å². The number of rotatable bonds is 5. The van der Waals surface area contributed by atoms with Gasteiger partial charge in [-0.05, 0) is 92.4 Å². The van der Waals surface area contributed by atoms with Crippen molar-refractivity contribution in [2.75, 3.05) is 6.61 Å². The Morgan fingerprint density at radius 1 is 1.00 bits per heavy atom. The summed E-state index contributed by atoms with van der Waals surface area (Å²) in [6.07, 6.45) is 1.30. The number of halogens is 1. The molecular formula is C27H27ClN2O2. The number of benzene rings is 2. The molecule has 0 aliphatic heterocycles. The second kappa shape index (κ2) is 8.99. The summed E-state index contributed by atoms with van der Waals surface area (Å²) in [5, 5.41) is 11.9. The van der Waals surface area contributed by atoms with Crippen LogP contribution in [0.4, 0.5) is 0 Å². The average Bonchev–Trinajstić information content (AvgIpc) is 2.77. The fourth-order valence-electron chi connectivity index (χ4n) is 4.04. The SMILES string of the molecule is Cc1cc2nc(-c3ccccn3)ccc2c(-c2ccc(Cl)cc2)c1C(CO)OC(C)(C)C. The first-order valence-electron chi connectivity index (χ1n) is 10.7. The highest BCUT2D eigenvalue weighted by atomic mass is 35.5. The molecule has 0 spiro atoms. The summed E-state index contributed by atoms with van der Waals surface area (Å²) in [5.74, 6) is 0. The molecule has 2 aromatic heterocycles. The van der Waals surface area contributed by atoms with Crippen LogP contribution in [-0.2, 0) is 4.74 Å². The minimum absolute atomic E-state index is 0.121. The van der Waals surface area contributed by atoms with Crippen LogP contribution in [0.15, 0.2) is 66.9 Å². The van der Waals surface area contributed by atoms with Gasteiger partial charge in [-0.2, -0.15) is 0 Å². The molecule has 4 rings (SSSR count). The number of aryl methyl sites for hydroxylation is 1. The second-order valence-corrected chi connectivity index (χ2v) is 9.31. The van der Waals surface area contributed by atoms with Gasteiger partial charge >= 0.3 is 0 Å². The topological polar surface area (TPSA) is 55.2 Å². The number of pyridine rings is 2. The highest BCUT2D eigenvalue weighted by molar-refractivity contribution is 6.30. The van der Waals surface area contributed by atoms with Crippen molar-refractivity contribution in [2.45, 2.75) is 39.4 Å². The zero-order valence-electron chi connectivity index (χ0n) is 18.8. The number of aliphatic hydroxyl groups excluding tert-OH is 1. The standard InChI is InChI=1S/C27H27ClN2O2/c1-17-15-23-20(12-13-22(30-23)21-7-5-6-14-29-21)26(18-8-10-19(28)11-9-18)25(17)24(16-31)32-27(2,3)4/h5-15,24,31H,16H2,1-4H3. The van der Waals surface area contributed by atoms with Crippen molar-refractivity contribution in [2.24, 2.45) is 0 Å². The molecular weight excluding hydrogens is 420 g/mol. The lowest BCUT2D eigenvalue weighted by atomic mass is 9.88. The number of nitrogens with zero attached hydrogens (tertiary/aromatic N) is 2. The first kappa shape index (κ1) is 22.4. The quantitative estimate of drug-likeness (QED) is 0.367. The van der Waals surface area contributed by atoms with E-state index in [0.717, 1.165) is 44.5 Å². The highest BCUT2D eigenvalue weighted by Crippen LogP contribution is 2.40. The third kappa shape index (κ3) is 4.68. The van der Waals surface area contributed by atoms with Gasteiger partial charge in [-0.1, -0.05) is 29.8 Å². The molecule has 0 saturated carbocycles. The Morgan fingerprint density at radius 2 is 1.75 bits per heavy atom. The third-order valence-corrected chi connectivity index (χ3v) is 5.54. The summed E-state index contributed by atoms with van der Waals surface area (Å²) in [5.41, 5.74) is 6.08. The third-order valence-electron chi connectivity index (χ3n) is 5.29. The number of fused-ring (bicyclic) bond motifs is 1. The van der Waals surface area contributed by atoms with Crippen LogP contribution >= 0.6 is 11.6 Å². The normalized spacial score (nSPS) is 12.8. The smallest absolute Gasteiger partial charge is 0.107 e. The van der Waals surface area contributed by atoms with Crippen LogP contribution in [0.5, 0.6) is 0 Å². The van der Waals surface area contributed by atoms with Crippen molar-refractivity contribution in [3.63, 3.8) is 0 Å². The summed E-state index contributed by atoms with van der Waals surface area (Å²) >= 11 is 6.17. The van der Waals surface area contributed by atoms with E-state index in [0.29, 0.717) is 5.02 Å². The molecule has 4 nitrogen and oxygen atoms in total. The second-order valence-electron chi connectivity index (χ2n) is 8.87. The minimum atomic E-state index is -0.472. The zero-order valence-corrected chi connectivity index (χ0v) is 19.5. The number of ether oxygens (including phenoxy) is 1. The molecule has 1 unspecified atom stereocenters. The molecule has 0 radical (unpaired) electrons. The molecule has 0 fully saturated rings. The molecule has 2 heterocycles. The Labute approximate surface area is 193 Å². The Kier molecular flexibility index (Phi) is 6.29. The summed E-state index contributed by atoms with van der Waals surface area (Å²) < 4.78 is 6.28. The predicted octanol–water partition coefficient (Wildman–Crippen LogP) is 6.77. The maximum absolute atomic E-state index is 10.3. The maximum Gasteiger partial charge on any atom is 0.107 e. The molecule has 1 atom stereocenters. The van der Waals surface area contributed by atoms with Crippen LogP contribution < -0.4 is 0 Å². The van der Waals surface area contributed by atoms with Crippen molar-refractivity contribution >= 4 is 22.5 Å². The van der Waals surface area contributed by atoms with Gasteiger partial charge in [0.05, 0.1) is 29.1 Å². The summed E-state index contributed by atoms with van der Waals surface area (Å²) in [6, 6.07) is 19.7. The Balaban J connectivity index is 1.99. The van der Waals surface area contributed by atoms with Crippen molar-refractivity contribution < 1.29 is 9.84 Å². The summed E-state index contributed by atoms with van der Waals surface area (Å²) in [7, 11) is 0. The van der Waals surface area contributed by atoms with Gasteiger partial charge in [0.1, 0.15) is 6.10 Å². The fraction of sp³-hybridized carbons (Fsp3) is 0.259. The van der Waals surface area contributed by atoms with Crippen LogP contribution in [0.3, 0.4) is 0 Å². The Bertz CT molecular complexity index is 1230. The largest absolute Gasteiger partial charge is 0.393 e. The van der Waals surface area contributed by atoms with Gasteiger partial charge in [-0.15, -0.1) is 0 Å². The molecule has 1 N–H and O–H groups in total. The fourth-order valence-corrected chi connectivity index (χ4v) is 4.16. The lowest BCUT2D eigenvalue weighted by molar-refractivity contribution is -0.0821. The van der Waals surface area contributed by atoms with Gasteiger partial charge in [0.2, 0.25) is 0 Å². The molecule has 2 aromatic carbocycles. The predicted molar refractivity (Wildman–Crippen MR) is 131 cm³/mol. The maximum atomic E-state index is 10.3. The number of hydrogen-bond acceptors (Lipinski definition) is 4. The molecule has 0 amide bonds. The van der Waals surface area contributed by atoms with E-state index in [9.17, 15) is 5.11 Å².